The number of nitrogens with zero attached hydrogens (tertiary/aromatic N) is 3. The number of likely N-dealkylation sites (tertiary alicyclic amines) is 1. The van der Waals surface area contributed by atoms with Gasteiger partial charge < -0.3 is 9.80 Å². The lowest BCUT2D eigenvalue weighted by molar-refractivity contribution is 0.142. The van der Waals surface area contributed by atoms with Crippen LogP contribution in [0.5, 0.6) is 0 Å². The highest BCUT2D eigenvalue weighted by Crippen LogP contribution is 2.17. The standard InChI is InChI=1S/C17H34N4/c1-5-11-19-17(2,15-18)10-6-7-12-21(4)16-8-13-20(3)14-9-16/h16,19H,5-14H2,1-4H3. The highest BCUT2D eigenvalue weighted by Gasteiger charge is 2.23. The van der Waals surface area contributed by atoms with E-state index < -0.39 is 0 Å². The maximum Gasteiger partial charge on any atom is 0.103 e. The normalized spacial score (nSPS) is 20.4. The summed E-state index contributed by atoms with van der Waals surface area (Å²) in [5.41, 5.74) is -0.345. The molecule has 0 saturated carbocycles. The summed E-state index contributed by atoms with van der Waals surface area (Å²) in [7, 11) is 4.47. The molecule has 4 heteroatoms. The molecule has 1 heterocycles. The average molecular weight is 294 g/mol. The molecule has 122 valence electrons. The number of piperidine rings is 1. The summed E-state index contributed by atoms with van der Waals surface area (Å²) in [5.74, 6) is 0. The number of hydrogen-bond acceptors (Lipinski definition) is 4. The van der Waals surface area contributed by atoms with Crippen LogP contribution in [0.1, 0.15) is 52.4 Å². The van der Waals surface area contributed by atoms with Crippen LogP contribution in [-0.4, -0.2) is 61.7 Å². The fourth-order valence-corrected chi connectivity index (χ4v) is 3.04. The van der Waals surface area contributed by atoms with Crippen LogP contribution in [0.15, 0.2) is 0 Å². The minimum absolute atomic E-state index is 0.345. The Bertz CT molecular complexity index is 317. The SMILES string of the molecule is CCCNC(C)(C#N)CCCCN(C)C1CCN(C)CC1. The van der Waals surface area contributed by atoms with E-state index in [1.807, 2.05) is 6.92 Å². The van der Waals surface area contributed by atoms with Gasteiger partial charge in [0.1, 0.15) is 5.54 Å². The summed E-state index contributed by atoms with van der Waals surface area (Å²) < 4.78 is 0. The van der Waals surface area contributed by atoms with Gasteiger partial charge in [-0.15, -0.1) is 0 Å². The second-order valence-electron chi connectivity index (χ2n) is 6.84. The minimum Gasteiger partial charge on any atom is -0.306 e. The van der Waals surface area contributed by atoms with Crippen molar-refractivity contribution in [2.24, 2.45) is 0 Å². The molecule has 1 saturated heterocycles. The summed E-state index contributed by atoms with van der Waals surface area (Å²) in [4.78, 5) is 4.94. The van der Waals surface area contributed by atoms with E-state index in [2.05, 4.69) is 42.2 Å². The second-order valence-corrected chi connectivity index (χ2v) is 6.84. The Balaban J connectivity index is 2.19. The van der Waals surface area contributed by atoms with E-state index in [-0.39, 0.29) is 5.54 Å². The predicted octanol–water partition coefficient (Wildman–Crippen LogP) is 2.46. The van der Waals surface area contributed by atoms with E-state index in [0.29, 0.717) is 0 Å². The second kappa shape index (κ2) is 9.40. The molecule has 4 nitrogen and oxygen atoms in total. The van der Waals surface area contributed by atoms with Gasteiger partial charge in [-0.3, -0.25) is 5.32 Å². The van der Waals surface area contributed by atoms with Crippen LogP contribution in [0.4, 0.5) is 0 Å². The zero-order chi connectivity index (χ0) is 15.7. The van der Waals surface area contributed by atoms with E-state index >= 15 is 0 Å². The summed E-state index contributed by atoms with van der Waals surface area (Å²) >= 11 is 0. The molecule has 1 aliphatic heterocycles. The van der Waals surface area contributed by atoms with Crippen molar-refractivity contribution in [3.05, 3.63) is 0 Å². The van der Waals surface area contributed by atoms with Gasteiger partial charge in [-0.1, -0.05) is 6.92 Å². The molecule has 0 amide bonds. The first-order valence-electron chi connectivity index (χ1n) is 8.56. The van der Waals surface area contributed by atoms with Crippen molar-refractivity contribution < 1.29 is 0 Å². The zero-order valence-electron chi connectivity index (χ0n) is 14.5. The van der Waals surface area contributed by atoms with Crippen LogP contribution in [0.2, 0.25) is 0 Å². The molecule has 1 N–H and O–H groups in total. The molecule has 0 aromatic heterocycles. The van der Waals surface area contributed by atoms with Gasteiger partial charge in [0.25, 0.3) is 0 Å². The van der Waals surface area contributed by atoms with E-state index in [4.69, 9.17) is 0 Å². The molecular formula is C17H34N4. The number of hydrogen-bond donors (Lipinski definition) is 1. The molecule has 0 spiro atoms. The van der Waals surface area contributed by atoms with Crippen LogP contribution in [0.25, 0.3) is 0 Å². The Morgan fingerprint density at radius 1 is 1.33 bits per heavy atom. The van der Waals surface area contributed by atoms with Gasteiger partial charge in [-0.05, 0) is 85.7 Å². The first-order valence-corrected chi connectivity index (χ1v) is 8.56. The molecule has 0 aliphatic carbocycles. The zero-order valence-corrected chi connectivity index (χ0v) is 14.5. The smallest absolute Gasteiger partial charge is 0.103 e. The van der Waals surface area contributed by atoms with Gasteiger partial charge in [-0.25, -0.2) is 0 Å². The van der Waals surface area contributed by atoms with Gasteiger partial charge in [0.05, 0.1) is 6.07 Å². The lowest BCUT2D eigenvalue weighted by Gasteiger charge is -2.35. The summed E-state index contributed by atoms with van der Waals surface area (Å²) in [6, 6.07) is 3.19. The monoisotopic (exact) mass is 294 g/mol. The number of rotatable bonds is 9. The third kappa shape index (κ3) is 6.78. The molecule has 1 rings (SSSR count). The van der Waals surface area contributed by atoms with Gasteiger partial charge in [-0.2, -0.15) is 5.26 Å². The Kier molecular flexibility index (Phi) is 8.24. The molecule has 0 aromatic carbocycles. The average Bonchev–Trinajstić information content (AvgIpc) is 2.50. The number of unbranched alkanes of at least 4 members (excludes halogenated alkanes) is 1. The van der Waals surface area contributed by atoms with Crippen molar-refractivity contribution in [3.63, 3.8) is 0 Å². The Labute approximate surface area is 131 Å². The van der Waals surface area contributed by atoms with Crippen molar-refractivity contribution in [2.75, 3.05) is 40.3 Å². The van der Waals surface area contributed by atoms with Gasteiger partial charge in [0.15, 0.2) is 0 Å². The molecule has 1 atom stereocenters. The third-order valence-electron chi connectivity index (χ3n) is 4.76. The van der Waals surface area contributed by atoms with Crippen LogP contribution in [0.3, 0.4) is 0 Å². The molecule has 0 radical (unpaired) electrons. The lowest BCUT2D eigenvalue weighted by atomic mass is 9.96. The third-order valence-corrected chi connectivity index (χ3v) is 4.76. The highest BCUT2D eigenvalue weighted by atomic mass is 15.2. The van der Waals surface area contributed by atoms with Crippen molar-refractivity contribution in [1.82, 2.24) is 15.1 Å². The highest BCUT2D eigenvalue weighted by molar-refractivity contribution is 5.03. The van der Waals surface area contributed by atoms with E-state index in [0.717, 1.165) is 38.4 Å². The Morgan fingerprint density at radius 3 is 2.57 bits per heavy atom. The molecule has 0 bridgehead atoms. The summed E-state index contributed by atoms with van der Waals surface area (Å²) in [6.45, 7) is 8.71. The van der Waals surface area contributed by atoms with Gasteiger partial charge in [0.2, 0.25) is 0 Å². The topological polar surface area (TPSA) is 42.3 Å². The largest absolute Gasteiger partial charge is 0.306 e. The molecule has 1 fully saturated rings. The Morgan fingerprint density at radius 2 is 2.00 bits per heavy atom. The molecule has 1 unspecified atom stereocenters. The quantitative estimate of drug-likeness (QED) is 0.663. The van der Waals surface area contributed by atoms with Crippen molar-refractivity contribution in [2.45, 2.75) is 64.0 Å². The Hall–Kier alpha value is -0.630. The molecular weight excluding hydrogens is 260 g/mol. The van der Waals surface area contributed by atoms with Crippen molar-refractivity contribution >= 4 is 0 Å². The lowest BCUT2D eigenvalue weighted by Crippen LogP contribution is -2.43. The fourth-order valence-electron chi connectivity index (χ4n) is 3.04. The van der Waals surface area contributed by atoms with Crippen LogP contribution in [0, 0.1) is 11.3 Å². The number of nitrogens with one attached hydrogen (secondary N) is 1. The van der Waals surface area contributed by atoms with Gasteiger partial charge in [0, 0.05) is 6.04 Å². The maximum atomic E-state index is 9.32. The van der Waals surface area contributed by atoms with Crippen molar-refractivity contribution in [3.8, 4) is 6.07 Å². The van der Waals surface area contributed by atoms with E-state index in [1.165, 1.54) is 32.4 Å². The fraction of sp³-hybridized carbons (Fsp3) is 0.941. The first-order chi connectivity index (χ1) is 10.0. The van der Waals surface area contributed by atoms with Crippen LogP contribution >= 0.6 is 0 Å². The van der Waals surface area contributed by atoms with Crippen molar-refractivity contribution in [1.29, 1.82) is 5.26 Å². The predicted molar refractivity (Wildman–Crippen MR) is 89.3 cm³/mol. The van der Waals surface area contributed by atoms with E-state index in [9.17, 15) is 5.26 Å². The van der Waals surface area contributed by atoms with Crippen LogP contribution < -0.4 is 5.32 Å². The molecule has 1 aliphatic rings. The minimum atomic E-state index is -0.345. The van der Waals surface area contributed by atoms with Gasteiger partial charge >= 0.3 is 0 Å². The van der Waals surface area contributed by atoms with Crippen LogP contribution in [-0.2, 0) is 0 Å². The molecule has 21 heavy (non-hydrogen) atoms. The maximum absolute atomic E-state index is 9.32. The first kappa shape index (κ1) is 18.4. The number of nitriles is 1. The summed E-state index contributed by atoms with van der Waals surface area (Å²) in [6.07, 6.45) is 6.93. The van der Waals surface area contributed by atoms with E-state index in [1.54, 1.807) is 0 Å². The summed E-state index contributed by atoms with van der Waals surface area (Å²) in [5, 5.41) is 12.7. The molecule has 0 aromatic rings.